The zero-order valence-electron chi connectivity index (χ0n) is 13.6. The Morgan fingerprint density at radius 1 is 1.42 bits per heavy atom. The van der Waals surface area contributed by atoms with Gasteiger partial charge in [0.05, 0.1) is 0 Å². The van der Waals surface area contributed by atoms with Gasteiger partial charge in [-0.3, -0.25) is 14.8 Å². The Bertz CT molecular complexity index is 659. The van der Waals surface area contributed by atoms with Gasteiger partial charge in [0.25, 0.3) is 0 Å². The van der Waals surface area contributed by atoms with Gasteiger partial charge in [-0.15, -0.1) is 0 Å². The fourth-order valence-corrected chi connectivity index (χ4v) is 2.99. The molecule has 2 aromatic heterocycles. The average Bonchev–Trinajstić information content (AvgIpc) is 3.10. The van der Waals surface area contributed by atoms with Gasteiger partial charge in [-0.25, -0.2) is 15.0 Å². The Morgan fingerprint density at radius 2 is 2.21 bits per heavy atom. The highest BCUT2D eigenvalue weighted by molar-refractivity contribution is 5.72. The summed E-state index contributed by atoms with van der Waals surface area (Å²) in [6.07, 6.45) is 7.30. The van der Waals surface area contributed by atoms with Gasteiger partial charge in [-0.05, 0) is 19.4 Å². The van der Waals surface area contributed by atoms with Crippen LogP contribution in [0.4, 0.5) is 5.95 Å². The maximum atomic E-state index is 10.7. The molecule has 128 valence electrons. The molecule has 0 bridgehead atoms. The van der Waals surface area contributed by atoms with E-state index in [1.54, 1.807) is 25.8 Å². The zero-order valence-corrected chi connectivity index (χ0v) is 13.6. The lowest BCUT2D eigenvalue weighted by molar-refractivity contribution is -0.135. The van der Waals surface area contributed by atoms with Crippen LogP contribution in [-0.2, 0) is 11.3 Å². The van der Waals surface area contributed by atoms with Crippen LogP contribution in [0, 0.1) is 0 Å². The van der Waals surface area contributed by atoms with Crippen molar-refractivity contribution in [2.45, 2.75) is 25.3 Å². The first-order valence-electron chi connectivity index (χ1n) is 7.93. The Labute approximate surface area is 139 Å². The molecule has 0 aromatic carbocycles. The van der Waals surface area contributed by atoms with Crippen molar-refractivity contribution in [2.24, 2.45) is 0 Å². The minimum Gasteiger partial charge on any atom is -0.480 e. The Hall–Kier alpha value is -2.55. The van der Waals surface area contributed by atoms with Crippen molar-refractivity contribution >= 4 is 11.9 Å². The molecule has 0 amide bonds. The van der Waals surface area contributed by atoms with Gasteiger partial charge in [-0.2, -0.15) is 5.10 Å². The van der Waals surface area contributed by atoms with Gasteiger partial charge < -0.3 is 10.0 Å². The summed E-state index contributed by atoms with van der Waals surface area (Å²) in [5.74, 6) is 0.834. The largest absolute Gasteiger partial charge is 0.480 e. The summed E-state index contributed by atoms with van der Waals surface area (Å²) in [5, 5.41) is 15.7. The number of likely N-dealkylation sites (tertiary alicyclic amines) is 1. The summed E-state index contributed by atoms with van der Waals surface area (Å²) in [5.41, 5.74) is 1.01. The first-order valence-corrected chi connectivity index (χ1v) is 7.93. The lowest BCUT2D eigenvalue weighted by atomic mass is 9.97. The number of anilines is 1. The van der Waals surface area contributed by atoms with Crippen molar-refractivity contribution in [1.29, 1.82) is 0 Å². The fourth-order valence-electron chi connectivity index (χ4n) is 2.99. The summed E-state index contributed by atoms with van der Waals surface area (Å²) in [7, 11) is 1.66. The van der Waals surface area contributed by atoms with E-state index in [9.17, 15) is 4.79 Å². The molecule has 0 aliphatic carbocycles. The van der Waals surface area contributed by atoms with Crippen molar-refractivity contribution in [1.82, 2.24) is 30.0 Å². The van der Waals surface area contributed by atoms with E-state index in [1.807, 2.05) is 0 Å². The van der Waals surface area contributed by atoms with E-state index in [0.717, 1.165) is 43.9 Å². The third kappa shape index (κ3) is 4.05. The molecule has 0 radical (unpaired) electrons. The number of hydrogen-bond acceptors (Lipinski definition) is 7. The first-order chi connectivity index (χ1) is 11.6. The number of H-pyrrole nitrogens is 1. The predicted octanol–water partition coefficient (Wildman–Crippen LogP) is 0.495. The lowest BCUT2D eigenvalue weighted by Gasteiger charge is -2.31. The molecule has 1 saturated heterocycles. The van der Waals surface area contributed by atoms with Gasteiger partial charge in [0, 0.05) is 44.0 Å². The minimum atomic E-state index is -0.906. The topological polar surface area (TPSA) is 111 Å². The van der Waals surface area contributed by atoms with Crippen LogP contribution < -0.4 is 4.90 Å². The molecular weight excluding hydrogens is 310 g/mol. The number of aromatic amines is 1. The summed E-state index contributed by atoms with van der Waals surface area (Å²) in [4.78, 5) is 27.4. The minimum absolute atomic E-state index is 0.121. The third-order valence-electron chi connectivity index (χ3n) is 4.14. The van der Waals surface area contributed by atoms with Crippen LogP contribution >= 0.6 is 0 Å². The molecule has 24 heavy (non-hydrogen) atoms. The molecular formula is C15H21N7O2. The number of hydrogen-bond donors (Lipinski definition) is 2. The van der Waals surface area contributed by atoms with Crippen LogP contribution in [0.3, 0.4) is 0 Å². The Morgan fingerprint density at radius 3 is 2.88 bits per heavy atom. The van der Waals surface area contributed by atoms with Crippen LogP contribution in [0.2, 0.25) is 0 Å². The highest BCUT2D eigenvalue weighted by atomic mass is 16.4. The smallest absolute Gasteiger partial charge is 0.323 e. The quantitative estimate of drug-likeness (QED) is 0.787. The van der Waals surface area contributed by atoms with E-state index in [4.69, 9.17) is 5.11 Å². The Balaban J connectivity index is 1.58. The molecule has 1 aliphatic rings. The molecule has 0 spiro atoms. The van der Waals surface area contributed by atoms with Crippen molar-refractivity contribution in [3.63, 3.8) is 0 Å². The average molecular weight is 331 g/mol. The van der Waals surface area contributed by atoms with Gasteiger partial charge in [0.2, 0.25) is 5.95 Å². The summed E-state index contributed by atoms with van der Waals surface area (Å²) in [6, 6.07) is 0. The molecule has 2 aromatic rings. The first kappa shape index (κ1) is 16.3. The van der Waals surface area contributed by atoms with E-state index in [1.165, 1.54) is 4.90 Å². The second kappa shape index (κ2) is 7.35. The van der Waals surface area contributed by atoms with E-state index in [-0.39, 0.29) is 6.54 Å². The summed E-state index contributed by atoms with van der Waals surface area (Å²) in [6.45, 7) is 2.61. The van der Waals surface area contributed by atoms with E-state index in [2.05, 4.69) is 30.0 Å². The normalized spacial score (nSPS) is 18.5. The van der Waals surface area contributed by atoms with Crippen LogP contribution in [0.15, 0.2) is 18.7 Å². The molecule has 0 saturated carbocycles. The molecule has 1 aliphatic heterocycles. The van der Waals surface area contributed by atoms with Crippen LogP contribution in [0.1, 0.15) is 30.1 Å². The standard InChI is InChI=1S/C15H21N7O2/c1-21(9-13(23)24)15-16-5-11(6-17-15)7-22-4-2-3-12(8-22)14-18-10-19-20-14/h5-6,10,12H,2-4,7-9H2,1H3,(H,23,24)(H,18,19,20)/t12-/m1/s1. The summed E-state index contributed by atoms with van der Waals surface area (Å²) >= 11 is 0. The fraction of sp³-hybridized carbons (Fsp3) is 0.533. The highest BCUT2D eigenvalue weighted by Crippen LogP contribution is 2.24. The number of likely N-dealkylation sites (N-methyl/N-ethyl adjacent to an activating group) is 1. The SMILES string of the molecule is CN(CC(=O)O)c1ncc(CN2CCC[C@@H](c3ncn[nH]3)C2)cn1. The number of piperidine rings is 1. The number of carboxylic acid groups (broad SMARTS) is 1. The van der Waals surface area contributed by atoms with Gasteiger partial charge >= 0.3 is 5.97 Å². The number of nitrogens with one attached hydrogen (secondary N) is 1. The monoisotopic (exact) mass is 331 g/mol. The second-order valence-electron chi connectivity index (χ2n) is 6.09. The molecule has 3 rings (SSSR count). The van der Waals surface area contributed by atoms with Crippen LogP contribution in [0.25, 0.3) is 0 Å². The number of rotatable bonds is 6. The van der Waals surface area contributed by atoms with Gasteiger partial charge in [0.1, 0.15) is 18.7 Å². The van der Waals surface area contributed by atoms with E-state index in [0.29, 0.717) is 11.9 Å². The molecule has 9 heteroatoms. The van der Waals surface area contributed by atoms with E-state index < -0.39 is 5.97 Å². The van der Waals surface area contributed by atoms with Crippen molar-refractivity contribution in [2.75, 3.05) is 31.6 Å². The Kier molecular flexibility index (Phi) is 4.99. The summed E-state index contributed by atoms with van der Waals surface area (Å²) < 4.78 is 0. The van der Waals surface area contributed by atoms with Gasteiger partial charge in [0.15, 0.2) is 0 Å². The molecule has 1 fully saturated rings. The highest BCUT2D eigenvalue weighted by Gasteiger charge is 2.23. The van der Waals surface area contributed by atoms with Crippen molar-refractivity contribution in [3.8, 4) is 0 Å². The molecule has 3 heterocycles. The van der Waals surface area contributed by atoms with Crippen LogP contribution in [-0.4, -0.2) is 67.8 Å². The predicted molar refractivity (Wildman–Crippen MR) is 86.6 cm³/mol. The maximum Gasteiger partial charge on any atom is 0.323 e. The third-order valence-corrected chi connectivity index (χ3v) is 4.14. The molecule has 2 N–H and O–H groups in total. The second-order valence-corrected chi connectivity index (χ2v) is 6.09. The molecule has 1 atom stereocenters. The zero-order chi connectivity index (χ0) is 16.9. The van der Waals surface area contributed by atoms with Crippen molar-refractivity contribution < 1.29 is 9.90 Å². The van der Waals surface area contributed by atoms with Crippen LogP contribution in [0.5, 0.6) is 0 Å². The number of aromatic nitrogens is 5. The molecule has 0 unspecified atom stereocenters. The number of carbonyl (C=O) groups is 1. The number of nitrogens with zero attached hydrogens (tertiary/aromatic N) is 6. The maximum absolute atomic E-state index is 10.7. The molecule has 9 nitrogen and oxygen atoms in total. The van der Waals surface area contributed by atoms with E-state index >= 15 is 0 Å². The van der Waals surface area contributed by atoms with Gasteiger partial charge in [-0.1, -0.05) is 0 Å². The number of carboxylic acids is 1. The van der Waals surface area contributed by atoms with Crippen molar-refractivity contribution in [3.05, 3.63) is 30.1 Å². The lowest BCUT2D eigenvalue weighted by Crippen LogP contribution is -2.34. The number of aliphatic carboxylic acids is 1.